The van der Waals surface area contributed by atoms with Gasteiger partial charge in [-0.3, -0.25) is 0 Å². The Morgan fingerprint density at radius 2 is 1.65 bits per heavy atom. The number of aryl methyl sites for hydroxylation is 2. The SMILES string of the molecule is CCNCc1ccccc1Oc1c(C)ccc(C)c1C. The number of benzene rings is 2. The van der Waals surface area contributed by atoms with Crippen molar-refractivity contribution in [1.29, 1.82) is 0 Å². The molecule has 2 rings (SSSR count). The predicted octanol–water partition coefficient (Wildman–Crippen LogP) is 4.51. The molecule has 2 aromatic carbocycles. The van der Waals surface area contributed by atoms with Crippen molar-refractivity contribution in [3.8, 4) is 11.5 Å². The van der Waals surface area contributed by atoms with Gasteiger partial charge >= 0.3 is 0 Å². The molecule has 0 aliphatic rings. The van der Waals surface area contributed by atoms with E-state index in [0.29, 0.717) is 0 Å². The summed E-state index contributed by atoms with van der Waals surface area (Å²) in [6, 6.07) is 12.5. The van der Waals surface area contributed by atoms with E-state index in [0.717, 1.165) is 24.6 Å². The molecule has 0 radical (unpaired) electrons. The number of ether oxygens (including phenoxy) is 1. The van der Waals surface area contributed by atoms with E-state index < -0.39 is 0 Å². The third kappa shape index (κ3) is 3.20. The maximum atomic E-state index is 6.21. The highest BCUT2D eigenvalue weighted by Gasteiger charge is 2.10. The lowest BCUT2D eigenvalue weighted by Gasteiger charge is -2.16. The van der Waals surface area contributed by atoms with Crippen molar-refractivity contribution in [3.63, 3.8) is 0 Å². The number of hydrogen-bond acceptors (Lipinski definition) is 2. The molecule has 2 nitrogen and oxygen atoms in total. The molecule has 0 aromatic heterocycles. The average molecular weight is 269 g/mol. The lowest BCUT2D eigenvalue weighted by molar-refractivity contribution is 0.465. The quantitative estimate of drug-likeness (QED) is 0.862. The van der Waals surface area contributed by atoms with Crippen LogP contribution in [0.5, 0.6) is 11.5 Å². The number of rotatable bonds is 5. The van der Waals surface area contributed by atoms with Crippen LogP contribution in [0.2, 0.25) is 0 Å². The van der Waals surface area contributed by atoms with Crippen LogP contribution < -0.4 is 10.1 Å². The molecule has 2 heteroatoms. The molecule has 0 bridgehead atoms. The zero-order chi connectivity index (χ0) is 14.5. The van der Waals surface area contributed by atoms with E-state index in [4.69, 9.17) is 4.74 Å². The fraction of sp³-hybridized carbons (Fsp3) is 0.333. The van der Waals surface area contributed by atoms with Crippen LogP contribution in [0, 0.1) is 20.8 Å². The van der Waals surface area contributed by atoms with Crippen molar-refractivity contribution >= 4 is 0 Å². The molecular formula is C18H23NO. The normalized spacial score (nSPS) is 10.6. The van der Waals surface area contributed by atoms with Gasteiger partial charge in [0.1, 0.15) is 11.5 Å². The summed E-state index contributed by atoms with van der Waals surface area (Å²) in [6.45, 7) is 10.2. The molecule has 0 saturated carbocycles. The Morgan fingerprint density at radius 1 is 0.950 bits per heavy atom. The Labute approximate surface area is 121 Å². The first-order valence-electron chi connectivity index (χ1n) is 7.16. The van der Waals surface area contributed by atoms with E-state index in [2.05, 4.69) is 57.3 Å². The van der Waals surface area contributed by atoms with E-state index in [9.17, 15) is 0 Å². The summed E-state index contributed by atoms with van der Waals surface area (Å²) in [5, 5.41) is 3.35. The highest BCUT2D eigenvalue weighted by molar-refractivity contribution is 5.48. The van der Waals surface area contributed by atoms with Crippen LogP contribution in [0.3, 0.4) is 0 Å². The van der Waals surface area contributed by atoms with Gasteiger partial charge in [-0.1, -0.05) is 37.3 Å². The average Bonchev–Trinajstić information content (AvgIpc) is 2.46. The van der Waals surface area contributed by atoms with Gasteiger partial charge in [-0.2, -0.15) is 0 Å². The standard InChI is InChI=1S/C18H23NO/c1-5-19-12-16-8-6-7-9-17(16)20-18-14(3)11-10-13(2)15(18)4/h6-11,19H,5,12H2,1-4H3. The lowest BCUT2D eigenvalue weighted by atomic mass is 10.1. The topological polar surface area (TPSA) is 21.3 Å². The number of nitrogens with one attached hydrogen (secondary N) is 1. The number of para-hydroxylation sites is 1. The van der Waals surface area contributed by atoms with E-state index >= 15 is 0 Å². The minimum Gasteiger partial charge on any atom is -0.456 e. The molecule has 0 aliphatic heterocycles. The summed E-state index contributed by atoms with van der Waals surface area (Å²) in [6.07, 6.45) is 0. The molecular weight excluding hydrogens is 246 g/mol. The summed E-state index contributed by atoms with van der Waals surface area (Å²) in [7, 11) is 0. The molecule has 0 fully saturated rings. The van der Waals surface area contributed by atoms with Crippen LogP contribution in [-0.2, 0) is 6.54 Å². The van der Waals surface area contributed by atoms with Crippen LogP contribution in [0.4, 0.5) is 0 Å². The fourth-order valence-corrected chi connectivity index (χ4v) is 2.20. The van der Waals surface area contributed by atoms with E-state index in [1.165, 1.54) is 22.3 Å². The second kappa shape index (κ2) is 6.58. The van der Waals surface area contributed by atoms with Gasteiger partial charge in [0.05, 0.1) is 0 Å². The third-order valence-corrected chi connectivity index (χ3v) is 3.62. The fourth-order valence-electron chi connectivity index (χ4n) is 2.20. The van der Waals surface area contributed by atoms with Crippen molar-refractivity contribution in [2.75, 3.05) is 6.54 Å². The molecule has 106 valence electrons. The van der Waals surface area contributed by atoms with Gasteiger partial charge in [-0.25, -0.2) is 0 Å². The number of hydrogen-bond donors (Lipinski definition) is 1. The summed E-state index contributed by atoms with van der Waals surface area (Å²) in [4.78, 5) is 0. The Kier molecular flexibility index (Phi) is 4.80. The first-order chi connectivity index (χ1) is 9.63. The molecule has 0 saturated heterocycles. The molecule has 0 spiro atoms. The highest BCUT2D eigenvalue weighted by atomic mass is 16.5. The molecule has 2 aromatic rings. The maximum Gasteiger partial charge on any atom is 0.133 e. The van der Waals surface area contributed by atoms with Gasteiger partial charge in [0.25, 0.3) is 0 Å². The third-order valence-electron chi connectivity index (χ3n) is 3.62. The maximum absolute atomic E-state index is 6.21. The minimum absolute atomic E-state index is 0.830. The van der Waals surface area contributed by atoms with Gasteiger partial charge in [0.2, 0.25) is 0 Å². The Bertz CT molecular complexity index is 590. The summed E-state index contributed by atoms with van der Waals surface area (Å²) in [5.41, 5.74) is 4.83. The first kappa shape index (κ1) is 14.6. The molecule has 0 heterocycles. The molecule has 20 heavy (non-hydrogen) atoms. The van der Waals surface area contributed by atoms with Crippen molar-refractivity contribution in [2.24, 2.45) is 0 Å². The van der Waals surface area contributed by atoms with Crippen LogP contribution in [0.1, 0.15) is 29.2 Å². The summed E-state index contributed by atoms with van der Waals surface area (Å²) in [5.74, 6) is 1.92. The highest BCUT2D eigenvalue weighted by Crippen LogP contribution is 2.32. The zero-order valence-electron chi connectivity index (χ0n) is 12.8. The smallest absolute Gasteiger partial charge is 0.133 e. The van der Waals surface area contributed by atoms with E-state index in [-0.39, 0.29) is 0 Å². The molecule has 0 atom stereocenters. The minimum atomic E-state index is 0.830. The predicted molar refractivity (Wildman–Crippen MR) is 84.5 cm³/mol. The van der Waals surface area contributed by atoms with Gasteiger partial charge in [-0.15, -0.1) is 0 Å². The van der Waals surface area contributed by atoms with E-state index in [1.54, 1.807) is 0 Å². The monoisotopic (exact) mass is 269 g/mol. The van der Waals surface area contributed by atoms with E-state index in [1.807, 2.05) is 12.1 Å². The summed E-state index contributed by atoms with van der Waals surface area (Å²) >= 11 is 0. The van der Waals surface area contributed by atoms with Crippen LogP contribution in [-0.4, -0.2) is 6.54 Å². The molecule has 0 amide bonds. The van der Waals surface area contributed by atoms with Crippen molar-refractivity contribution in [1.82, 2.24) is 5.32 Å². The Morgan fingerprint density at radius 3 is 2.40 bits per heavy atom. The molecule has 1 N–H and O–H groups in total. The zero-order valence-corrected chi connectivity index (χ0v) is 12.8. The van der Waals surface area contributed by atoms with Crippen LogP contribution in [0.25, 0.3) is 0 Å². The second-order valence-corrected chi connectivity index (χ2v) is 5.14. The lowest BCUT2D eigenvalue weighted by Crippen LogP contribution is -2.12. The van der Waals surface area contributed by atoms with Crippen LogP contribution in [0.15, 0.2) is 36.4 Å². The largest absolute Gasteiger partial charge is 0.456 e. The van der Waals surface area contributed by atoms with Gasteiger partial charge < -0.3 is 10.1 Å². The second-order valence-electron chi connectivity index (χ2n) is 5.14. The molecule has 0 aliphatic carbocycles. The van der Waals surface area contributed by atoms with Gasteiger partial charge in [-0.05, 0) is 50.1 Å². The Balaban J connectivity index is 2.33. The van der Waals surface area contributed by atoms with Crippen molar-refractivity contribution < 1.29 is 4.74 Å². The first-order valence-corrected chi connectivity index (χ1v) is 7.16. The summed E-state index contributed by atoms with van der Waals surface area (Å²) < 4.78 is 6.21. The Hall–Kier alpha value is -1.80. The van der Waals surface area contributed by atoms with Crippen molar-refractivity contribution in [3.05, 3.63) is 58.7 Å². The van der Waals surface area contributed by atoms with Gasteiger partial charge in [0.15, 0.2) is 0 Å². The van der Waals surface area contributed by atoms with Gasteiger partial charge in [0, 0.05) is 12.1 Å². The molecule has 0 unspecified atom stereocenters. The van der Waals surface area contributed by atoms with Crippen molar-refractivity contribution in [2.45, 2.75) is 34.2 Å². The van der Waals surface area contributed by atoms with Crippen LogP contribution >= 0.6 is 0 Å².